The van der Waals surface area contributed by atoms with Gasteiger partial charge in [0.05, 0.1) is 9.79 Å². The lowest BCUT2D eigenvalue weighted by molar-refractivity contribution is 0.481. The molecule has 0 saturated carbocycles. The van der Waals surface area contributed by atoms with Gasteiger partial charge >= 0.3 is 0 Å². The summed E-state index contributed by atoms with van der Waals surface area (Å²) in [5, 5.41) is 1.01. The van der Waals surface area contributed by atoms with Crippen LogP contribution in [0.25, 0.3) is 10.8 Å². The van der Waals surface area contributed by atoms with Crippen LogP contribution in [0.1, 0.15) is 72.1 Å². The van der Waals surface area contributed by atoms with Gasteiger partial charge in [-0.1, -0.05) is 55.4 Å². The van der Waals surface area contributed by atoms with Gasteiger partial charge in [0.25, 0.3) is 20.2 Å². The van der Waals surface area contributed by atoms with Gasteiger partial charge in [-0.25, -0.2) is 0 Å². The maximum Gasteiger partial charge on any atom is 0.294 e. The maximum absolute atomic E-state index is 11.4. The highest BCUT2D eigenvalue weighted by Crippen LogP contribution is 2.32. The van der Waals surface area contributed by atoms with Gasteiger partial charge < -0.3 is 0 Å². The molecule has 0 aliphatic carbocycles. The summed E-state index contributed by atoms with van der Waals surface area (Å²) in [7, 11) is -8.82. The van der Waals surface area contributed by atoms with E-state index in [1.54, 1.807) is 20.8 Å². The Hall–Kier alpha value is -1.48. The van der Waals surface area contributed by atoms with Gasteiger partial charge in [-0.2, -0.15) is 16.8 Å². The number of hydrogen-bond acceptors (Lipinski definition) is 4. The minimum atomic E-state index is -4.42. The standard InChI is InChI=1S/C13H14O6S2.4C2H6/c1-7-4-11(20(14,15)16)5-10-6-12(21(17,18)19)8(2)9(3)13(7)10;4*1-2/h4-6H,1-3H3,(H,14,15,16)(H,17,18,19);4*1-2H3. The Balaban J connectivity index is -0.000000754. The van der Waals surface area contributed by atoms with E-state index in [0.717, 1.165) is 0 Å². The van der Waals surface area contributed by atoms with Crippen molar-refractivity contribution in [1.82, 2.24) is 0 Å². The highest BCUT2D eigenvalue weighted by molar-refractivity contribution is 7.86. The molecule has 0 saturated heterocycles. The number of rotatable bonds is 2. The number of fused-ring (bicyclic) bond motifs is 1. The zero-order valence-corrected chi connectivity index (χ0v) is 21.2. The monoisotopic (exact) mass is 450 g/mol. The van der Waals surface area contributed by atoms with Crippen LogP contribution in [-0.4, -0.2) is 25.9 Å². The Kier molecular flexibility index (Phi) is 16.1. The molecule has 170 valence electrons. The third kappa shape index (κ3) is 8.82. The lowest BCUT2D eigenvalue weighted by Crippen LogP contribution is -2.05. The molecule has 2 rings (SSSR count). The summed E-state index contributed by atoms with van der Waals surface area (Å²) in [5.41, 5.74) is 1.61. The van der Waals surface area contributed by atoms with E-state index >= 15 is 0 Å². The fourth-order valence-corrected chi connectivity index (χ4v) is 3.86. The summed E-state index contributed by atoms with van der Waals surface area (Å²) >= 11 is 0. The molecule has 2 aromatic rings. The summed E-state index contributed by atoms with van der Waals surface area (Å²) in [4.78, 5) is -0.601. The van der Waals surface area contributed by atoms with Crippen LogP contribution in [0.5, 0.6) is 0 Å². The topological polar surface area (TPSA) is 109 Å². The quantitative estimate of drug-likeness (QED) is 0.515. The molecular formula is C21H38O6S2. The Labute approximate surface area is 177 Å². The summed E-state index contributed by atoms with van der Waals surface area (Å²) in [6, 6.07) is 3.70. The van der Waals surface area contributed by atoms with Gasteiger partial charge in [-0.3, -0.25) is 9.11 Å². The summed E-state index contributed by atoms with van der Waals surface area (Å²) in [6.45, 7) is 20.9. The van der Waals surface area contributed by atoms with Crippen molar-refractivity contribution in [3.63, 3.8) is 0 Å². The Morgan fingerprint density at radius 3 is 1.38 bits per heavy atom. The molecule has 0 atom stereocenters. The molecule has 0 aliphatic rings. The Morgan fingerprint density at radius 1 is 0.621 bits per heavy atom. The van der Waals surface area contributed by atoms with Crippen LogP contribution in [0.15, 0.2) is 28.0 Å². The van der Waals surface area contributed by atoms with Crippen molar-refractivity contribution in [3.8, 4) is 0 Å². The molecule has 0 amide bonds. The highest BCUT2D eigenvalue weighted by atomic mass is 32.2. The lowest BCUT2D eigenvalue weighted by atomic mass is 9.97. The van der Waals surface area contributed by atoms with Crippen molar-refractivity contribution in [2.24, 2.45) is 0 Å². The molecule has 0 spiro atoms. The fraction of sp³-hybridized carbons (Fsp3) is 0.524. The molecule has 0 aromatic heterocycles. The van der Waals surface area contributed by atoms with E-state index in [0.29, 0.717) is 27.5 Å². The zero-order chi connectivity index (χ0) is 24.2. The van der Waals surface area contributed by atoms with Crippen molar-refractivity contribution < 1.29 is 25.9 Å². The smallest absolute Gasteiger partial charge is 0.282 e. The molecule has 0 heterocycles. The second-order valence-electron chi connectivity index (χ2n) is 4.91. The first-order chi connectivity index (χ1) is 13.4. The van der Waals surface area contributed by atoms with Crippen LogP contribution in [-0.2, 0) is 20.2 Å². The van der Waals surface area contributed by atoms with Gasteiger partial charge in [0.15, 0.2) is 0 Å². The van der Waals surface area contributed by atoms with Crippen molar-refractivity contribution >= 4 is 31.0 Å². The molecule has 2 aromatic carbocycles. The molecule has 2 N–H and O–H groups in total. The SMILES string of the molecule is CC.CC.CC.CC.Cc1c(S(=O)(=O)O)cc2cc(S(=O)(=O)O)cc(C)c2c1C. The second-order valence-corrected chi connectivity index (χ2v) is 7.72. The first kappa shape index (κ1) is 32.2. The zero-order valence-electron chi connectivity index (χ0n) is 19.6. The molecule has 0 unspecified atom stereocenters. The Bertz CT molecular complexity index is 961. The number of aryl methyl sites for hydroxylation is 2. The first-order valence-electron chi connectivity index (χ1n) is 9.92. The highest BCUT2D eigenvalue weighted by Gasteiger charge is 2.20. The van der Waals surface area contributed by atoms with Gasteiger partial charge in [-0.05, 0) is 66.4 Å². The van der Waals surface area contributed by atoms with Gasteiger partial charge in [0, 0.05) is 0 Å². The van der Waals surface area contributed by atoms with Crippen LogP contribution < -0.4 is 0 Å². The predicted octanol–water partition coefficient (Wildman–Crippen LogP) is 6.36. The molecule has 29 heavy (non-hydrogen) atoms. The molecule has 0 fully saturated rings. The minimum Gasteiger partial charge on any atom is -0.282 e. The van der Waals surface area contributed by atoms with Gasteiger partial charge in [0.1, 0.15) is 0 Å². The molecular weight excluding hydrogens is 412 g/mol. The Morgan fingerprint density at radius 2 is 1.03 bits per heavy atom. The van der Waals surface area contributed by atoms with Crippen LogP contribution in [0.4, 0.5) is 0 Å². The third-order valence-electron chi connectivity index (χ3n) is 3.51. The largest absolute Gasteiger partial charge is 0.294 e. The van der Waals surface area contributed by atoms with E-state index in [1.807, 2.05) is 55.4 Å². The predicted molar refractivity (Wildman–Crippen MR) is 123 cm³/mol. The third-order valence-corrected chi connectivity index (χ3v) is 5.32. The van der Waals surface area contributed by atoms with Crippen LogP contribution >= 0.6 is 0 Å². The van der Waals surface area contributed by atoms with E-state index in [2.05, 4.69) is 0 Å². The molecule has 0 bridgehead atoms. The van der Waals surface area contributed by atoms with Crippen LogP contribution in [0.2, 0.25) is 0 Å². The minimum absolute atomic E-state index is 0.278. The summed E-state index contributed by atoms with van der Waals surface area (Å²) in [6.07, 6.45) is 0. The van der Waals surface area contributed by atoms with Gasteiger partial charge in [0.2, 0.25) is 0 Å². The van der Waals surface area contributed by atoms with E-state index < -0.39 is 20.2 Å². The van der Waals surface area contributed by atoms with E-state index in [-0.39, 0.29) is 9.79 Å². The molecule has 0 aliphatic heterocycles. The average Bonchev–Trinajstić information content (AvgIpc) is 2.69. The maximum atomic E-state index is 11.4. The van der Waals surface area contributed by atoms with Crippen molar-refractivity contribution in [3.05, 3.63) is 34.9 Å². The average molecular weight is 451 g/mol. The number of hydrogen-bond donors (Lipinski definition) is 2. The van der Waals surface area contributed by atoms with Crippen LogP contribution in [0, 0.1) is 20.8 Å². The van der Waals surface area contributed by atoms with Crippen molar-refractivity contribution in [2.45, 2.75) is 86.0 Å². The second kappa shape index (κ2) is 14.5. The molecule has 0 radical (unpaired) electrons. The first-order valence-corrected chi connectivity index (χ1v) is 12.8. The van der Waals surface area contributed by atoms with Gasteiger partial charge in [-0.15, -0.1) is 0 Å². The van der Waals surface area contributed by atoms with E-state index in [9.17, 15) is 21.4 Å². The normalized spacial score (nSPS) is 10.1. The summed E-state index contributed by atoms with van der Waals surface area (Å²) < 4.78 is 63.7. The summed E-state index contributed by atoms with van der Waals surface area (Å²) in [5.74, 6) is 0. The lowest BCUT2D eigenvalue weighted by Gasteiger charge is -2.13. The van der Waals surface area contributed by atoms with Crippen molar-refractivity contribution in [2.75, 3.05) is 0 Å². The molecule has 8 heteroatoms. The fourth-order valence-electron chi connectivity index (χ4n) is 2.45. The van der Waals surface area contributed by atoms with Crippen molar-refractivity contribution in [1.29, 1.82) is 0 Å². The van der Waals surface area contributed by atoms with Crippen LogP contribution in [0.3, 0.4) is 0 Å². The van der Waals surface area contributed by atoms with E-state index in [1.165, 1.54) is 18.2 Å². The molecule has 6 nitrogen and oxygen atoms in total. The number of benzene rings is 2. The van der Waals surface area contributed by atoms with E-state index in [4.69, 9.17) is 4.55 Å².